The van der Waals surface area contributed by atoms with Crippen LogP contribution < -0.4 is 5.56 Å². The fourth-order valence-electron chi connectivity index (χ4n) is 1.15. The van der Waals surface area contributed by atoms with Crippen LogP contribution in [-0.4, -0.2) is 18.1 Å². The molecule has 0 saturated heterocycles. The third-order valence-electron chi connectivity index (χ3n) is 1.96. The summed E-state index contributed by atoms with van der Waals surface area (Å²) in [6, 6.07) is 0. The van der Waals surface area contributed by atoms with Crippen molar-refractivity contribution in [3.05, 3.63) is 33.5 Å². The Morgan fingerprint density at radius 1 is 1.56 bits per heavy atom. The van der Waals surface area contributed by atoms with E-state index in [0.717, 1.165) is 7.11 Å². The number of esters is 1. The molecule has 0 saturated carbocycles. The summed E-state index contributed by atoms with van der Waals surface area (Å²) < 4.78 is 42.4. The van der Waals surface area contributed by atoms with Crippen molar-refractivity contribution in [1.82, 2.24) is 4.98 Å². The second kappa shape index (κ2) is 4.82. The van der Waals surface area contributed by atoms with Crippen molar-refractivity contribution in [2.24, 2.45) is 0 Å². The van der Waals surface area contributed by atoms with E-state index in [0.29, 0.717) is 6.20 Å². The van der Waals surface area contributed by atoms with Crippen molar-refractivity contribution in [2.75, 3.05) is 7.11 Å². The molecule has 4 nitrogen and oxygen atoms in total. The maximum atomic E-state index is 13.2. The zero-order chi connectivity index (χ0) is 12.3. The SMILES string of the molecule is COC(=O)Cc1c(C(F)F)c[nH]c(=O)c1F. The lowest BCUT2D eigenvalue weighted by molar-refractivity contribution is -0.139. The molecule has 1 rings (SSSR count). The highest BCUT2D eigenvalue weighted by Gasteiger charge is 2.21. The molecule has 0 radical (unpaired) electrons. The van der Waals surface area contributed by atoms with Crippen molar-refractivity contribution >= 4 is 5.97 Å². The van der Waals surface area contributed by atoms with Gasteiger partial charge in [-0.1, -0.05) is 0 Å². The average Bonchev–Trinajstić information content (AvgIpc) is 2.24. The molecule has 1 aromatic heterocycles. The average molecular weight is 235 g/mol. The Morgan fingerprint density at radius 3 is 2.69 bits per heavy atom. The Hall–Kier alpha value is -1.79. The molecule has 88 valence electrons. The van der Waals surface area contributed by atoms with Gasteiger partial charge in [0.15, 0.2) is 5.82 Å². The number of carbonyl (C=O) groups is 1. The van der Waals surface area contributed by atoms with Crippen LogP contribution in [0.2, 0.25) is 0 Å². The molecule has 0 aliphatic carbocycles. The lowest BCUT2D eigenvalue weighted by atomic mass is 10.1. The largest absolute Gasteiger partial charge is 0.469 e. The van der Waals surface area contributed by atoms with E-state index in [9.17, 15) is 22.8 Å². The standard InChI is InChI=1S/C9H8F3NO3/c1-16-6(14)2-4-5(8(11)12)3-13-9(15)7(4)10/h3,8H,2H2,1H3,(H,13,15). The summed E-state index contributed by atoms with van der Waals surface area (Å²) in [5.74, 6) is -2.28. The summed E-state index contributed by atoms with van der Waals surface area (Å²) in [7, 11) is 1.04. The molecule has 0 aliphatic rings. The molecule has 0 atom stereocenters. The van der Waals surface area contributed by atoms with Crippen molar-refractivity contribution < 1.29 is 22.7 Å². The van der Waals surface area contributed by atoms with Crippen LogP contribution in [0.4, 0.5) is 13.2 Å². The first-order valence-electron chi connectivity index (χ1n) is 4.22. The van der Waals surface area contributed by atoms with Crippen LogP contribution in [0.15, 0.2) is 11.0 Å². The van der Waals surface area contributed by atoms with Gasteiger partial charge in [-0.25, -0.2) is 13.2 Å². The number of ether oxygens (including phenoxy) is 1. The van der Waals surface area contributed by atoms with Gasteiger partial charge < -0.3 is 9.72 Å². The number of nitrogens with one attached hydrogen (secondary N) is 1. The number of carbonyl (C=O) groups excluding carboxylic acids is 1. The molecule has 1 N–H and O–H groups in total. The van der Waals surface area contributed by atoms with Crippen LogP contribution in [-0.2, 0) is 16.0 Å². The molecular weight excluding hydrogens is 227 g/mol. The molecule has 1 aromatic rings. The molecule has 0 aromatic carbocycles. The van der Waals surface area contributed by atoms with Crippen molar-refractivity contribution in [3.8, 4) is 0 Å². The minimum Gasteiger partial charge on any atom is -0.469 e. The van der Waals surface area contributed by atoms with Crippen LogP contribution in [0.25, 0.3) is 0 Å². The summed E-state index contributed by atoms with van der Waals surface area (Å²) in [6.07, 6.45) is -2.99. The van der Waals surface area contributed by atoms with Crippen molar-refractivity contribution in [3.63, 3.8) is 0 Å². The van der Waals surface area contributed by atoms with Crippen LogP contribution >= 0.6 is 0 Å². The third-order valence-corrected chi connectivity index (χ3v) is 1.96. The van der Waals surface area contributed by atoms with Gasteiger partial charge in [-0.3, -0.25) is 9.59 Å². The first-order chi connectivity index (χ1) is 7.47. The predicted octanol–water partition coefficient (Wildman–Crippen LogP) is 1.17. The van der Waals surface area contributed by atoms with Gasteiger partial charge in [0.25, 0.3) is 12.0 Å². The second-order valence-electron chi connectivity index (χ2n) is 2.92. The summed E-state index contributed by atoms with van der Waals surface area (Å²) in [5, 5.41) is 0. The molecule has 16 heavy (non-hydrogen) atoms. The first-order valence-corrected chi connectivity index (χ1v) is 4.22. The van der Waals surface area contributed by atoms with E-state index in [1.54, 1.807) is 0 Å². The molecule has 0 unspecified atom stereocenters. The second-order valence-corrected chi connectivity index (χ2v) is 2.92. The Labute approximate surface area is 88.0 Å². The van der Waals surface area contributed by atoms with E-state index in [-0.39, 0.29) is 0 Å². The normalized spacial score (nSPS) is 10.6. The van der Waals surface area contributed by atoms with Gasteiger partial charge in [0.2, 0.25) is 0 Å². The van der Waals surface area contributed by atoms with Crippen molar-refractivity contribution in [2.45, 2.75) is 12.8 Å². The quantitative estimate of drug-likeness (QED) is 0.800. The Kier molecular flexibility index (Phi) is 3.70. The summed E-state index contributed by atoms with van der Waals surface area (Å²) in [5.41, 5.74) is -2.50. The zero-order valence-corrected chi connectivity index (χ0v) is 8.22. The molecule has 0 spiro atoms. The predicted molar refractivity (Wildman–Crippen MR) is 47.7 cm³/mol. The number of aromatic amines is 1. The topological polar surface area (TPSA) is 59.2 Å². The van der Waals surface area contributed by atoms with E-state index in [2.05, 4.69) is 4.74 Å². The molecule has 0 amide bonds. The summed E-state index contributed by atoms with van der Waals surface area (Å²) >= 11 is 0. The Bertz CT molecular complexity index is 456. The maximum absolute atomic E-state index is 13.2. The molecule has 1 heterocycles. The number of methoxy groups -OCH3 is 1. The lowest BCUT2D eigenvalue weighted by Crippen LogP contribution is -2.19. The minimum absolute atomic E-state index is 0.634. The highest BCUT2D eigenvalue weighted by Crippen LogP contribution is 2.23. The minimum atomic E-state index is -2.98. The number of pyridine rings is 1. The number of rotatable bonds is 3. The van der Waals surface area contributed by atoms with E-state index >= 15 is 0 Å². The molecular formula is C9H8F3NO3. The van der Waals surface area contributed by atoms with Crippen LogP contribution in [0.3, 0.4) is 0 Å². The van der Waals surface area contributed by atoms with Gasteiger partial charge in [-0.15, -0.1) is 0 Å². The monoisotopic (exact) mass is 235 g/mol. The number of alkyl halides is 2. The van der Waals surface area contributed by atoms with Gasteiger partial charge in [0, 0.05) is 17.3 Å². The van der Waals surface area contributed by atoms with Crippen molar-refractivity contribution in [1.29, 1.82) is 0 Å². The summed E-state index contributed by atoms with van der Waals surface area (Å²) in [4.78, 5) is 23.5. The number of halogens is 3. The van der Waals surface area contributed by atoms with E-state index in [1.165, 1.54) is 0 Å². The highest BCUT2D eigenvalue weighted by molar-refractivity contribution is 5.72. The van der Waals surface area contributed by atoms with Gasteiger partial charge in [0.1, 0.15) is 0 Å². The van der Waals surface area contributed by atoms with E-state index in [1.807, 2.05) is 4.98 Å². The van der Waals surface area contributed by atoms with Gasteiger partial charge >= 0.3 is 5.97 Å². The number of hydrogen-bond donors (Lipinski definition) is 1. The van der Waals surface area contributed by atoms with E-state index < -0.39 is 41.3 Å². The number of hydrogen-bond acceptors (Lipinski definition) is 3. The van der Waals surface area contributed by atoms with Crippen LogP contribution in [0.5, 0.6) is 0 Å². The van der Waals surface area contributed by atoms with Crippen LogP contribution in [0.1, 0.15) is 17.6 Å². The molecule has 7 heteroatoms. The van der Waals surface area contributed by atoms with Gasteiger partial charge in [0.05, 0.1) is 13.5 Å². The van der Waals surface area contributed by atoms with Gasteiger partial charge in [-0.05, 0) is 0 Å². The Morgan fingerprint density at radius 2 is 2.19 bits per heavy atom. The smallest absolute Gasteiger partial charge is 0.310 e. The summed E-state index contributed by atoms with van der Waals surface area (Å²) in [6.45, 7) is 0. The lowest BCUT2D eigenvalue weighted by Gasteiger charge is -2.07. The number of aromatic nitrogens is 1. The first kappa shape index (κ1) is 12.3. The van der Waals surface area contributed by atoms with Gasteiger partial charge in [-0.2, -0.15) is 0 Å². The maximum Gasteiger partial charge on any atom is 0.310 e. The fourth-order valence-corrected chi connectivity index (χ4v) is 1.15. The molecule has 0 fully saturated rings. The van der Waals surface area contributed by atoms with E-state index in [4.69, 9.17) is 0 Å². The molecule has 0 aliphatic heterocycles. The highest BCUT2D eigenvalue weighted by atomic mass is 19.3. The van der Waals surface area contributed by atoms with Crippen LogP contribution in [0, 0.1) is 5.82 Å². The Balaban J connectivity index is 3.26. The molecule has 0 bridgehead atoms. The zero-order valence-electron chi connectivity index (χ0n) is 8.22. The fraction of sp³-hybridized carbons (Fsp3) is 0.333. The third kappa shape index (κ3) is 2.41. The number of H-pyrrole nitrogens is 1.